The van der Waals surface area contributed by atoms with Crippen LogP contribution in [0.15, 0.2) is 28.9 Å². The molecule has 0 saturated heterocycles. The van der Waals surface area contributed by atoms with E-state index in [9.17, 15) is 4.79 Å². The third kappa shape index (κ3) is 3.77. The first-order valence-electron chi connectivity index (χ1n) is 6.94. The molecule has 24 heavy (non-hydrogen) atoms. The van der Waals surface area contributed by atoms with E-state index in [1.54, 1.807) is 11.6 Å². The Morgan fingerprint density at radius 1 is 1.42 bits per heavy atom. The lowest BCUT2D eigenvalue weighted by Crippen LogP contribution is -2.00. The highest BCUT2D eigenvalue weighted by molar-refractivity contribution is 7.99. The van der Waals surface area contributed by atoms with Gasteiger partial charge in [-0.3, -0.25) is 4.98 Å². The third-order valence-corrected chi connectivity index (χ3v) is 5.18. The van der Waals surface area contributed by atoms with Crippen LogP contribution in [0.5, 0.6) is 0 Å². The van der Waals surface area contributed by atoms with Crippen molar-refractivity contribution >= 4 is 56.6 Å². The molecule has 0 bridgehead atoms. The van der Waals surface area contributed by atoms with Gasteiger partial charge in [0.1, 0.15) is 11.0 Å². The predicted octanol–water partition coefficient (Wildman–Crippen LogP) is 3.44. The minimum Gasteiger partial charge on any atom is -0.465 e. The summed E-state index contributed by atoms with van der Waals surface area (Å²) in [4.78, 5) is 24.4. The number of hydrogen-bond acceptors (Lipinski definition) is 8. The maximum Gasteiger partial charge on any atom is 0.339 e. The molecule has 9 heteroatoms. The van der Waals surface area contributed by atoms with Crippen LogP contribution < -0.4 is 5.73 Å². The van der Waals surface area contributed by atoms with Crippen molar-refractivity contribution in [3.05, 3.63) is 40.1 Å². The van der Waals surface area contributed by atoms with E-state index in [0.29, 0.717) is 28.1 Å². The van der Waals surface area contributed by atoms with Crippen LogP contribution in [-0.4, -0.2) is 33.8 Å². The second-order valence-corrected chi connectivity index (χ2v) is 7.17. The Hall–Kier alpha value is -1.90. The van der Waals surface area contributed by atoms with E-state index < -0.39 is 0 Å². The van der Waals surface area contributed by atoms with Crippen LogP contribution in [0.4, 0.5) is 5.82 Å². The first kappa shape index (κ1) is 16.9. The van der Waals surface area contributed by atoms with Crippen LogP contribution in [-0.2, 0) is 11.2 Å². The number of nitrogens with zero attached hydrogens (tertiary/aromatic N) is 3. The molecular formula is C15H13ClN4O2S2. The van der Waals surface area contributed by atoms with Crippen LogP contribution in [0.3, 0.4) is 0 Å². The molecule has 6 nitrogen and oxygen atoms in total. The summed E-state index contributed by atoms with van der Waals surface area (Å²) in [5, 5.41) is 3.52. The van der Waals surface area contributed by atoms with Crippen molar-refractivity contribution in [1.82, 2.24) is 15.0 Å². The number of rotatable bonds is 5. The van der Waals surface area contributed by atoms with Crippen molar-refractivity contribution in [2.45, 2.75) is 11.6 Å². The van der Waals surface area contributed by atoms with Crippen molar-refractivity contribution in [1.29, 1.82) is 0 Å². The number of halogens is 1. The fourth-order valence-electron chi connectivity index (χ4n) is 2.11. The highest BCUT2D eigenvalue weighted by Crippen LogP contribution is 2.27. The molecule has 3 heterocycles. The molecule has 0 amide bonds. The highest BCUT2D eigenvalue weighted by atomic mass is 35.5. The van der Waals surface area contributed by atoms with E-state index in [1.807, 2.05) is 6.07 Å². The fourth-order valence-corrected chi connectivity index (χ4v) is 4.05. The topological polar surface area (TPSA) is 91.0 Å². The van der Waals surface area contributed by atoms with Gasteiger partial charge in [0.2, 0.25) is 0 Å². The van der Waals surface area contributed by atoms with Gasteiger partial charge in [0, 0.05) is 34.5 Å². The average Bonchev–Trinajstić information content (AvgIpc) is 2.96. The van der Waals surface area contributed by atoms with Gasteiger partial charge in [-0.15, -0.1) is 11.3 Å². The zero-order valence-corrected chi connectivity index (χ0v) is 15.0. The van der Waals surface area contributed by atoms with E-state index in [1.165, 1.54) is 36.3 Å². The van der Waals surface area contributed by atoms with Gasteiger partial charge in [-0.2, -0.15) is 0 Å². The number of fused-ring (bicyclic) bond motifs is 1. The number of thioether (sulfide) groups is 1. The molecule has 0 unspecified atom stereocenters. The van der Waals surface area contributed by atoms with E-state index >= 15 is 0 Å². The molecule has 0 saturated carbocycles. The summed E-state index contributed by atoms with van der Waals surface area (Å²) >= 11 is 8.78. The molecular weight excluding hydrogens is 368 g/mol. The molecule has 3 aromatic rings. The first-order valence-corrected chi connectivity index (χ1v) is 9.18. The molecule has 0 aliphatic rings. The molecule has 0 spiro atoms. The van der Waals surface area contributed by atoms with Crippen LogP contribution in [0, 0.1) is 0 Å². The van der Waals surface area contributed by atoms with Crippen molar-refractivity contribution in [3.63, 3.8) is 0 Å². The number of esters is 1. The van der Waals surface area contributed by atoms with Crippen molar-refractivity contribution in [3.8, 4) is 0 Å². The van der Waals surface area contributed by atoms with Crippen LogP contribution in [0.1, 0.15) is 16.1 Å². The average molecular weight is 381 g/mol. The quantitative estimate of drug-likeness (QED) is 0.313. The maximum atomic E-state index is 11.8. The molecule has 124 valence electrons. The second-order valence-electron chi connectivity index (χ2n) is 4.81. The standard InChI is InChI=1S/C15H13ClN4O2S2/c1-22-14(21)10-7-24-11-6-18-8(4-9(10)11)2-3-23-15-19-12(16)5-13(17)20-15/h4-7H,2-3H2,1H3,(H2,17,19,20). The molecule has 0 fully saturated rings. The zero-order chi connectivity index (χ0) is 17.1. The molecule has 0 aromatic carbocycles. The van der Waals surface area contributed by atoms with E-state index in [-0.39, 0.29) is 5.97 Å². The molecule has 3 rings (SSSR count). The Labute approximate surface area is 151 Å². The van der Waals surface area contributed by atoms with Gasteiger partial charge in [-0.1, -0.05) is 23.4 Å². The fraction of sp³-hybridized carbons (Fsp3) is 0.200. The molecule has 3 aromatic heterocycles. The number of carbonyl (C=O) groups excluding carboxylic acids is 1. The van der Waals surface area contributed by atoms with Crippen LogP contribution in [0.25, 0.3) is 10.1 Å². The molecule has 0 aliphatic carbocycles. The summed E-state index contributed by atoms with van der Waals surface area (Å²) in [6.07, 6.45) is 2.48. The Morgan fingerprint density at radius 2 is 2.25 bits per heavy atom. The van der Waals surface area contributed by atoms with Gasteiger partial charge in [0.05, 0.1) is 17.4 Å². The number of ether oxygens (including phenoxy) is 1. The Morgan fingerprint density at radius 3 is 3.00 bits per heavy atom. The van der Waals surface area contributed by atoms with Crippen molar-refractivity contribution < 1.29 is 9.53 Å². The van der Waals surface area contributed by atoms with E-state index in [0.717, 1.165) is 21.5 Å². The Balaban J connectivity index is 1.72. The summed E-state index contributed by atoms with van der Waals surface area (Å²) in [6, 6.07) is 3.43. The lowest BCUT2D eigenvalue weighted by Gasteiger charge is -2.03. The maximum absolute atomic E-state index is 11.8. The number of anilines is 1. The van der Waals surface area contributed by atoms with Crippen LogP contribution in [0.2, 0.25) is 5.15 Å². The smallest absolute Gasteiger partial charge is 0.339 e. The number of nitrogen functional groups attached to an aromatic ring is 1. The molecule has 2 N–H and O–H groups in total. The number of methoxy groups -OCH3 is 1. The summed E-state index contributed by atoms with van der Waals surface area (Å²) in [7, 11) is 1.38. The molecule has 0 atom stereocenters. The second kappa shape index (κ2) is 7.33. The van der Waals surface area contributed by atoms with Gasteiger partial charge in [-0.05, 0) is 12.5 Å². The van der Waals surface area contributed by atoms with E-state index in [4.69, 9.17) is 22.1 Å². The predicted molar refractivity (Wildman–Crippen MR) is 96.8 cm³/mol. The molecule has 0 aliphatic heterocycles. The number of carbonyl (C=O) groups is 1. The number of hydrogen-bond donors (Lipinski definition) is 1. The van der Waals surface area contributed by atoms with E-state index in [2.05, 4.69) is 15.0 Å². The summed E-state index contributed by atoms with van der Waals surface area (Å²) < 4.78 is 5.76. The number of thiophene rings is 1. The zero-order valence-electron chi connectivity index (χ0n) is 12.7. The normalized spacial score (nSPS) is 10.9. The number of aryl methyl sites for hydroxylation is 1. The summed E-state index contributed by atoms with van der Waals surface area (Å²) in [5.74, 6) is 0.726. The summed E-state index contributed by atoms with van der Waals surface area (Å²) in [6.45, 7) is 0. The van der Waals surface area contributed by atoms with Gasteiger partial charge in [0.15, 0.2) is 5.16 Å². The number of aromatic nitrogens is 3. The Bertz CT molecular complexity index is 880. The largest absolute Gasteiger partial charge is 0.465 e. The van der Waals surface area contributed by atoms with Gasteiger partial charge < -0.3 is 10.5 Å². The highest BCUT2D eigenvalue weighted by Gasteiger charge is 2.13. The number of pyridine rings is 1. The summed E-state index contributed by atoms with van der Waals surface area (Å²) in [5.41, 5.74) is 7.10. The Kier molecular flexibility index (Phi) is 5.17. The first-order chi connectivity index (χ1) is 11.6. The van der Waals surface area contributed by atoms with Crippen molar-refractivity contribution in [2.75, 3.05) is 18.6 Å². The minimum atomic E-state index is -0.337. The van der Waals surface area contributed by atoms with Crippen molar-refractivity contribution in [2.24, 2.45) is 0 Å². The lowest BCUT2D eigenvalue weighted by atomic mass is 10.1. The minimum absolute atomic E-state index is 0.325. The SMILES string of the molecule is COC(=O)c1csc2cnc(CCSc3nc(N)cc(Cl)n3)cc12. The van der Waals surface area contributed by atoms with Gasteiger partial charge >= 0.3 is 5.97 Å². The third-order valence-electron chi connectivity index (χ3n) is 3.21. The number of nitrogens with two attached hydrogens (primary N) is 1. The van der Waals surface area contributed by atoms with Crippen LogP contribution >= 0.6 is 34.7 Å². The lowest BCUT2D eigenvalue weighted by molar-refractivity contribution is 0.0603. The molecule has 0 radical (unpaired) electrons. The van der Waals surface area contributed by atoms with Gasteiger partial charge in [-0.25, -0.2) is 14.8 Å². The van der Waals surface area contributed by atoms with Gasteiger partial charge in [0.25, 0.3) is 0 Å². The monoisotopic (exact) mass is 380 g/mol.